The maximum absolute atomic E-state index is 11.6. The van der Waals surface area contributed by atoms with Crippen molar-refractivity contribution in [3.05, 3.63) is 31.9 Å². The molecule has 7 heteroatoms. The Morgan fingerprint density at radius 3 is 2.50 bits per heavy atom. The molecule has 0 heterocycles. The van der Waals surface area contributed by atoms with E-state index in [0.717, 1.165) is 19.3 Å². The fraction of sp³-hybridized carbons (Fsp3) is 0.462. The number of nitro benzene ring substituents is 1. The van der Waals surface area contributed by atoms with Crippen molar-refractivity contribution in [3.8, 4) is 0 Å². The van der Waals surface area contributed by atoms with E-state index in [4.69, 9.17) is 0 Å². The second kappa shape index (κ2) is 5.94. The van der Waals surface area contributed by atoms with Gasteiger partial charge >= 0.3 is 5.97 Å². The number of anilines is 1. The van der Waals surface area contributed by atoms with Gasteiger partial charge in [0, 0.05) is 21.4 Å². The maximum Gasteiger partial charge on any atom is 0.329 e. The summed E-state index contributed by atoms with van der Waals surface area (Å²) in [6.45, 7) is 0. The standard InChI is InChI=1S/C13H15IN2O4/c14-10-8-9(16(19)20)4-5-11(10)15-13(12(17)18)6-2-1-3-7-13/h4-5,8,15H,1-3,6-7H2,(H,17,18). The van der Waals surface area contributed by atoms with Crippen molar-refractivity contribution >= 4 is 39.9 Å². The number of rotatable bonds is 4. The summed E-state index contributed by atoms with van der Waals surface area (Å²) in [5.41, 5.74) is -0.303. The van der Waals surface area contributed by atoms with Crippen LogP contribution in [0.1, 0.15) is 32.1 Å². The number of aliphatic carboxylic acids is 1. The molecule has 1 fully saturated rings. The summed E-state index contributed by atoms with van der Waals surface area (Å²) >= 11 is 1.99. The molecule has 1 saturated carbocycles. The molecule has 2 rings (SSSR count). The molecule has 108 valence electrons. The first kappa shape index (κ1) is 15.0. The van der Waals surface area contributed by atoms with Crippen LogP contribution in [0, 0.1) is 13.7 Å². The Labute approximate surface area is 129 Å². The molecular formula is C13H15IN2O4. The van der Waals surface area contributed by atoms with Crippen LogP contribution in [-0.4, -0.2) is 21.5 Å². The van der Waals surface area contributed by atoms with Gasteiger partial charge in [0.05, 0.1) is 4.92 Å². The van der Waals surface area contributed by atoms with Gasteiger partial charge in [0.1, 0.15) is 5.54 Å². The summed E-state index contributed by atoms with van der Waals surface area (Å²) in [6.07, 6.45) is 3.96. The van der Waals surface area contributed by atoms with Gasteiger partial charge in [-0.05, 0) is 41.5 Å². The van der Waals surface area contributed by atoms with E-state index in [0.29, 0.717) is 22.1 Å². The minimum absolute atomic E-state index is 0.00738. The average molecular weight is 390 g/mol. The second-order valence-electron chi connectivity index (χ2n) is 4.99. The number of halogens is 1. The third-order valence-corrected chi connectivity index (χ3v) is 4.55. The molecule has 0 bridgehead atoms. The van der Waals surface area contributed by atoms with Gasteiger partial charge in [0.15, 0.2) is 0 Å². The molecule has 0 amide bonds. The highest BCUT2D eigenvalue weighted by atomic mass is 127. The molecule has 0 aromatic heterocycles. The third kappa shape index (κ3) is 3.02. The number of nitrogens with one attached hydrogen (secondary N) is 1. The molecule has 1 aliphatic rings. The number of hydrogen-bond donors (Lipinski definition) is 2. The highest BCUT2D eigenvalue weighted by Crippen LogP contribution is 2.34. The van der Waals surface area contributed by atoms with Crippen molar-refractivity contribution in [1.29, 1.82) is 0 Å². The average Bonchev–Trinajstić information content (AvgIpc) is 2.41. The highest BCUT2D eigenvalue weighted by molar-refractivity contribution is 14.1. The topological polar surface area (TPSA) is 92.5 Å². The summed E-state index contributed by atoms with van der Waals surface area (Å²) in [6, 6.07) is 4.42. The molecule has 1 aromatic carbocycles. The van der Waals surface area contributed by atoms with Gasteiger partial charge in [-0.3, -0.25) is 10.1 Å². The molecule has 0 atom stereocenters. The Bertz CT molecular complexity index is 541. The van der Waals surface area contributed by atoms with Crippen LogP contribution >= 0.6 is 22.6 Å². The van der Waals surface area contributed by atoms with E-state index in [2.05, 4.69) is 5.32 Å². The molecule has 0 unspecified atom stereocenters. The molecule has 0 radical (unpaired) electrons. The number of benzene rings is 1. The van der Waals surface area contributed by atoms with Crippen LogP contribution in [0.2, 0.25) is 0 Å². The normalized spacial score (nSPS) is 17.4. The molecular weight excluding hydrogens is 375 g/mol. The largest absolute Gasteiger partial charge is 0.480 e. The summed E-state index contributed by atoms with van der Waals surface area (Å²) < 4.78 is 0.656. The molecule has 2 N–H and O–H groups in total. The van der Waals surface area contributed by atoms with Gasteiger partial charge in [-0.2, -0.15) is 0 Å². The quantitative estimate of drug-likeness (QED) is 0.467. The van der Waals surface area contributed by atoms with E-state index in [1.165, 1.54) is 12.1 Å². The van der Waals surface area contributed by atoms with Crippen LogP contribution in [0.15, 0.2) is 18.2 Å². The Morgan fingerprint density at radius 2 is 2.00 bits per heavy atom. The minimum atomic E-state index is -0.950. The number of nitrogens with zero attached hydrogens (tertiary/aromatic N) is 1. The van der Waals surface area contributed by atoms with Crippen LogP contribution in [-0.2, 0) is 4.79 Å². The SMILES string of the molecule is O=C(O)C1(Nc2ccc([N+](=O)[O-])cc2I)CCCCC1. The van der Waals surface area contributed by atoms with Gasteiger partial charge in [0.2, 0.25) is 0 Å². The van der Waals surface area contributed by atoms with Crippen molar-refractivity contribution in [3.63, 3.8) is 0 Å². The number of carbonyl (C=O) groups is 1. The lowest BCUT2D eigenvalue weighted by Gasteiger charge is -2.35. The fourth-order valence-electron chi connectivity index (χ4n) is 2.52. The van der Waals surface area contributed by atoms with Gasteiger partial charge in [-0.1, -0.05) is 19.3 Å². The van der Waals surface area contributed by atoms with Crippen molar-refractivity contribution in [2.24, 2.45) is 0 Å². The van der Waals surface area contributed by atoms with Gasteiger partial charge in [-0.15, -0.1) is 0 Å². The van der Waals surface area contributed by atoms with E-state index >= 15 is 0 Å². The maximum atomic E-state index is 11.6. The zero-order valence-corrected chi connectivity index (χ0v) is 12.9. The molecule has 1 aliphatic carbocycles. The first-order valence-electron chi connectivity index (χ1n) is 6.40. The van der Waals surface area contributed by atoms with Crippen LogP contribution in [0.3, 0.4) is 0 Å². The lowest BCUT2D eigenvalue weighted by atomic mass is 9.81. The third-order valence-electron chi connectivity index (χ3n) is 3.65. The van der Waals surface area contributed by atoms with Crippen LogP contribution in [0.5, 0.6) is 0 Å². The van der Waals surface area contributed by atoms with E-state index in [1.807, 2.05) is 22.6 Å². The number of nitro groups is 1. The van der Waals surface area contributed by atoms with Gasteiger partial charge in [0.25, 0.3) is 5.69 Å². The number of carboxylic acids is 1. The lowest BCUT2D eigenvalue weighted by Crippen LogP contribution is -2.48. The van der Waals surface area contributed by atoms with E-state index in [9.17, 15) is 20.0 Å². The molecule has 1 aromatic rings. The fourth-order valence-corrected chi connectivity index (χ4v) is 3.16. The predicted octanol–water partition coefficient (Wildman–Crippen LogP) is 3.40. The minimum Gasteiger partial charge on any atom is -0.480 e. The smallest absolute Gasteiger partial charge is 0.329 e. The first-order valence-corrected chi connectivity index (χ1v) is 7.48. The zero-order valence-electron chi connectivity index (χ0n) is 10.8. The molecule has 0 saturated heterocycles. The second-order valence-corrected chi connectivity index (χ2v) is 6.16. The Kier molecular flexibility index (Phi) is 4.46. The van der Waals surface area contributed by atoms with E-state index in [1.54, 1.807) is 6.07 Å². The Hall–Kier alpha value is -1.38. The summed E-state index contributed by atoms with van der Waals surface area (Å²) in [4.78, 5) is 21.8. The van der Waals surface area contributed by atoms with Crippen LogP contribution in [0.4, 0.5) is 11.4 Å². The molecule has 0 spiro atoms. The van der Waals surface area contributed by atoms with Gasteiger partial charge in [-0.25, -0.2) is 4.79 Å². The number of non-ortho nitro benzene ring substituents is 1. The Morgan fingerprint density at radius 1 is 1.35 bits per heavy atom. The van der Waals surface area contributed by atoms with Crippen molar-refractivity contribution < 1.29 is 14.8 Å². The number of hydrogen-bond acceptors (Lipinski definition) is 4. The van der Waals surface area contributed by atoms with Crippen LogP contribution in [0.25, 0.3) is 0 Å². The number of carboxylic acid groups (broad SMARTS) is 1. The van der Waals surface area contributed by atoms with Crippen molar-refractivity contribution in [1.82, 2.24) is 0 Å². The Balaban J connectivity index is 2.27. The van der Waals surface area contributed by atoms with Crippen molar-refractivity contribution in [2.45, 2.75) is 37.6 Å². The summed E-state index contributed by atoms with van der Waals surface area (Å²) in [5.74, 6) is -0.855. The van der Waals surface area contributed by atoms with Crippen molar-refractivity contribution in [2.75, 3.05) is 5.32 Å². The zero-order chi connectivity index (χ0) is 14.8. The first-order chi connectivity index (χ1) is 9.44. The van der Waals surface area contributed by atoms with Crippen LogP contribution < -0.4 is 5.32 Å². The lowest BCUT2D eigenvalue weighted by molar-refractivity contribution is -0.384. The highest BCUT2D eigenvalue weighted by Gasteiger charge is 2.39. The summed E-state index contributed by atoms with van der Waals surface area (Å²) in [7, 11) is 0. The molecule has 6 nitrogen and oxygen atoms in total. The monoisotopic (exact) mass is 390 g/mol. The molecule has 0 aliphatic heterocycles. The predicted molar refractivity (Wildman–Crippen MR) is 82.9 cm³/mol. The van der Waals surface area contributed by atoms with E-state index < -0.39 is 16.4 Å². The van der Waals surface area contributed by atoms with E-state index in [-0.39, 0.29) is 5.69 Å². The molecule has 20 heavy (non-hydrogen) atoms. The van der Waals surface area contributed by atoms with Gasteiger partial charge < -0.3 is 10.4 Å². The summed E-state index contributed by atoms with van der Waals surface area (Å²) in [5, 5.41) is 23.3.